The van der Waals surface area contributed by atoms with E-state index in [0.717, 1.165) is 6.07 Å². The fourth-order valence-corrected chi connectivity index (χ4v) is 2.73. The third-order valence-electron chi connectivity index (χ3n) is 2.76. The largest absolute Gasteiger partial charge is 0.390 e. The minimum absolute atomic E-state index is 0.0786. The molecule has 3 nitrogen and oxygen atoms in total. The lowest BCUT2D eigenvalue weighted by molar-refractivity contribution is -0.129. The molecule has 0 saturated heterocycles. The highest BCUT2D eigenvalue weighted by atomic mass is 32.2. The molecule has 9 heteroatoms. The second kappa shape index (κ2) is 6.69. The van der Waals surface area contributed by atoms with Gasteiger partial charge in [-0.25, -0.2) is 21.9 Å². The number of rotatable bonds is 6. The van der Waals surface area contributed by atoms with E-state index in [4.69, 9.17) is 0 Å². The molecule has 0 aromatic heterocycles. The van der Waals surface area contributed by atoms with E-state index in [1.165, 1.54) is 13.0 Å². The van der Waals surface area contributed by atoms with Gasteiger partial charge in [0.15, 0.2) is 0 Å². The van der Waals surface area contributed by atoms with Gasteiger partial charge in [0.25, 0.3) is 0 Å². The summed E-state index contributed by atoms with van der Waals surface area (Å²) in [5.41, 5.74) is 0.0786. The van der Waals surface area contributed by atoms with E-state index in [1.807, 2.05) is 4.72 Å². The van der Waals surface area contributed by atoms with Crippen molar-refractivity contribution in [1.82, 2.24) is 4.72 Å². The summed E-state index contributed by atoms with van der Waals surface area (Å²) in [6.07, 6.45) is -6.02. The lowest BCUT2D eigenvalue weighted by Crippen LogP contribution is -2.31. The third kappa shape index (κ3) is 6.38. The lowest BCUT2D eigenvalue weighted by atomic mass is 10.0. The van der Waals surface area contributed by atoms with Gasteiger partial charge in [-0.15, -0.1) is 0 Å². The number of sulfonamides is 1. The molecule has 0 saturated carbocycles. The van der Waals surface area contributed by atoms with Crippen molar-refractivity contribution in [3.63, 3.8) is 0 Å². The molecule has 0 aliphatic carbocycles. The highest BCUT2D eigenvalue weighted by Gasteiger charge is 2.30. The molecule has 0 amide bonds. The Morgan fingerprint density at radius 3 is 2.38 bits per heavy atom. The number of alkyl halides is 3. The van der Waals surface area contributed by atoms with Crippen LogP contribution in [-0.2, 0) is 10.0 Å². The Morgan fingerprint density at radius 1 is 1.24 bits per heavy atom. The van der Waals surface area contributed by atoms with Crippen LogP contribution in [0.15, 0.2) is 18.2 Å². The third-order valence-corrected chi connectivity index (χ3v) is 4.11. The quantitative estimate of drug-likeness (QED) is 0.815. The Kier molecular flexibility index (Phi) is 5.68. The molecule has 0 unspecified atom stereocenters. The summed E-state index contributed by atoms with van der Waals surface area (Å²) >= 11 is 0. The first-order valence-electron chi connectivity index (χ1n) is 5.99. The molecule has 0 radical (unpaired) electrons. The zero-order valence-corrected chi connectivity index (χ0v) is 11.9. The minimum atomic E-state index is -4.57. The van der Waals surface area contributed by atoms with E-state index in [-0.39, 0.29) is 12.1 Å². The minimum Gasteiger partial charge on any atom is -0.215 e. The summed E-state index contributed by atoms with van der Waals surface area (Å²) in [7, 11) is -4.11. The summed E-state index contributed by atoms with van der Waals surface area (Å²) in [5, 5.41) is 0. The first-order valence-corrected chi connectivity index (χ1v) is 7.64. The molecule has 0 heterocycles. The zero-order valence-electron chi connectivity index (χ0n) is 11.0. The second-order valence-electron chi connectivity index (χ2n) is 4.60. The maximum absolute atomic E-state index is 13.5. The molecule has 1 aromatic carbocycles. The Balaban J connectivity index is 2.61. The van der Waals surface area contributed by atoms with Crippen LogP contribution >= 0.6 is 0 Å². The average molecular weight is 331 g/mol. The summed E-state index contributed by atoms with van der Waals surface area (Å²) < 4.78 is 86.8. The van der Waals surface area contributed by atoms with E-state index in [0.29, 0.717) is 6.07 Å². The molecule has 0 aliphatic rings. The van der Waals surface area contributed by atoms with Gasteiger partial charge in [-0.3, -0.25) is 0 Å². The van der Waals surface area contributed by atoms with Crippen molar-refractivity contribution in [2.75, 3.05) is 12.3 Å². The van der Waals surface area contributed by atoms with Crippen LogP contribution in [0, 0.1) is 11.6 Å². The van der Waals surface area contributed by atoms with Gasteiger partial charge in [-0.05, 0) is 17.5 Å². The first kappa shape index (κ1) is 17.8. The average Bonchev–Trinajstić information content (AvgIpc) is 2.33. The number of benzene rings is 1. The molecule has 1 N–H and O–H groups in total. The normalized spacial score (nSPS) is 14.2. The van der Waals surface area contributed by atoms with Gasteiger partial charge >= 0.3 is 6.18 Å². The maximum atomic E-state index is 13.5. The SMILES string of the molecule is C[C@@H](CNS(=O)(=O)CCC(F)(F)F)c1ccc(F)cc1F. The van der Waals surface area contributed by atoms with Crippen LogP contribution < -0.4 is 4.72 Å². The van der Waals surface area contributed by atoms with Gasteiger partial charge in [0.1, 0.15) is 11.6 Å². The molecule has 1 rings (SSSR count). The molecular weight excluding hydrogens is 317 g/mol. The molecule has 21 heavy (non-hydrogen) atoms. The van der Waals surface area contributed by atoms with Crippen molar-refractivity contribution in [1.29, 1.82) is 0 Å². The smallest absolute Gasteiger partial charge is 0.215 e. The Labute approximate surface area is 119 Å². The molecule has 0 fully saturated rings. The standard InChI is InChI=1S/C12H14F5NO2S/c1-8(10-3-2-9(13)6-11(10)14)7-18-21(19,20)5-4-12(15,16)17/h2-3,6,8,18H,4-5,7H2,1H3/t8-/m0/s1. The fourth-order valence-electron chi connectivity index (χ4n) is 1.59. The van der Waals surface area contributed by atoms with Gasteiger partial charge in [0.05, 0.1) is 12.2 Å². The molecule has 120 valence electrons. The molecule has 0 aliphatic heterocycles. The molecule has 1 atom stereocenters. The van der Waals surface area contributed by atoms with Gasteiger partial charge < -0.3 is 0 Å². The van der Waals surface area contributed by atoms with Crippen molar-refractivity contribution in [3.05, 3.63) is 35.4 Å². The zero-order chi connectivity index (χ0) is 16.3. The Bertz CT molecular complexity index is 586. The predicted octanol–water partition coefficient (Wildman–Crippen LogP) is 2.94. The van der Waals surface area contributed by atoms with Crippen LogP contribution in [-0.4, -0.2) is 26.9 Å². The maximum Gasteiger partial charge on any atom is 0.390 e. The van der Waals surface area contributed by atoms with Crippen LogP contribution in [0.1, 0.15) is 24.8 Å². The number of nitrogens with one attached hydrogen (secondary N) is 1. The Hall–Kier alpha value is -1.22. The van der Waals surface area contributed by atoms with Crippen molar-refractivity contribution in [3.8, 4) is 0 Å². The van der Waals surface area contributed by atoms with Crippen LogP contribution in [0.25, 0.3) is 0 Å². The molecular formula is C12H14F5NO2S. The van der Waals surface area contributed by atoms with Crippen molar-refractivity contribution < 1.29 is 30.4 Å². The highest BCUT2D eigenvalue weighted by molar-refractivity contribution is 7.89. The first-order chi connectivity index (χ1) is 9.50. The number of halogens is 5. The molecule has 0 spiro atoms. The number of hydrogen-bond donors (Lipinski definition) is 1. The second-order valence-corrected chi connectivity index (χ2v) is 6.53. The van der Waals surface area contributed by atoms with Gasteiger partial charge in [0, 0.05) is 12.6 Å². The summed E-state index contributed by atoms with van der Waals surface area (Å²) in [6, 6.07) is 2.84. The summed E-state index contributed by atoms with van der Waals surface area (Å²) in [5.74, 6) is -3.34. The van der Waals surface area contributed by atoms with Crippen molar-refractivity contribution in [2.24, 2.45) is 0 Å². The van der Waals surface area contributed by atoms with E-state index in [2.05, 4.69) is 0 Å². The lowest BCUT2D eigenvalue weighted by Gasteiger charge is -2.14. The van der Waals surface area contributed by atoms with Gasteiger partial charge in [-0.2, -0.15) is 13.2 Å². The highest BCUT2D eigenvalue weighted by Crippen LogP contribution is 2.21. The predicted molar refractivity (Wildman–Crippen MR) is 67.2 cm³/mol. The van der Waals surface area contributed by atoms with Crippen molar-refractivity contribution in [2.45, 2.75) is 25.4 Å². The number of hydrogen-bond acceptors (Lipinski definition) is 2. The monoisotopic (exact) mass is 331 g/mol. The molecule has 1 aromatic rings. The van der Waals surface area contributed by atoms with E-state index in [9.17, 15) is 30.4 Å². The summed E-state index contributed by atoms with van der Waals surface area (Å²) in [4.78, 5) is 0. The molecule has 0 bridgehead atoms. The van der Waals surface area contributed by atoms with Crippen LogP contribution in [0.3, 0.4) is 0 Å². The van der Waals surface area contributed by atoms with Gasteiger partial charge in [-0.1, -0.05) is 13.0 Å². The van der Waals surface area contributed by atoms with Crippen LogP contribution in [0.5, 0.6) is 0 Å². The van der Waals surface area contributed by atoms with E-state index in [1.54, 1.807) is 0 Å². The fraction of sp³-hybridized carbons (Fsp3) is 0.500. The van der Waals surface area contributed by atoms with Crippen LogP contribution in [0.4, 0.5) is 22.0 Å². The van der Waals surface area contributed by atoms with Gasteiger partial charge in [0.2, 0.25) is 10.0 Å². The van der Waals surface area contributed by atoms with E-state index < -0.39 is 45.9 Å². The topological polar surface area (TPSA) is 46.2 Å². The van der Waals surface area contributed by atoms with Crippen LogP contribution in [0.2, 0.25) is 0 Å². The summed E-state index contributed by atoms with van der Waals surface area (Å²) in [6.45, 7) is 1.20. The van der Waals surface area contributed by atoms with Crippen molar-refractivity contribution >= 4 is 10.0 Å². The Morgan fingerprint density at radius 2 is 1.86 bits per heavy atom. The van der Waals surface area contributed by atoms with E-state index >= 15 is 0 Å².